The molecule has 0 saturated heterocycles. The fraction of sp³-hybridized carbons (Fsp3) is 0.0909. The van der Waals surface area contributed by atoms with Crippen LogP contribution in [0, 0.1) is 0 Å². The maximum Gasteiger partial charge on any atom is 0.246 e. The Kier molecular flexibility index (Phi) is 4.22. The maximum absolute atomic E-state index is 6.26. The van der Waals surface area contributed by atoms with Crippen molar-refractivity contribution in [3.05, 3.63) is 114 Å². The first-order chi connectivity index (χ1) is 18.6. The number of benzene rings is 4. The summed E-state index contributed by atoms with van der Waals surface area (Å²) in [6, 6.07) is 33.3. The molecule has 0 spiro atoms. The molecule has 182 valence electrons. The molecule has 0 N–H and O–H groups in total. The second kappa shape index (κ2) is 7.56. The lowest BCUT2D eigenvalue weighted by molar-refractivity contribution is 0.617. The molecule has 38 heavy (non-hydrogen) atoms. The zero-order valence-electron chi connectivity index (χ0n) is 21.0. The van der Waals surface area contributed by atoms with Crippen LogP contribution in [0.3, 0.4) is 0 Å². The number of anilines is 3. The third-order valence-corrected chi connectivity index (χ3v) is 7.74. The molecule has 0 bridgehead atoms. The molecular formula is C33H23N3O2. The summed E-state index contributed by atoms with van der Waals surface area (Å²) in [7, 11) is 0. The average molecular weight is 494 g/mol. The van der Waals surface area contributed by atoms with Crippen LogP contribution in [-0.2, 0) is 5.41 Å². The highest BCUT2D eigenvalue weighted by molar-refractivity contribution is 6.08. The van der Waals surface area contributed by atoms with Gasteiger partial charge in [-0.15, -0.1) is 0 Å². The van der Waals surface area contributed by atoms with Crippen LogP contribution in [0.5, 0.6) is 0 Å². The fourth-order valence-corrected chi connectivity index (χ4v) is 5.88. The Morgan fingerprint density at radius 2 is 1.37 bits per heavy atom. The Morgan fingerprint density at radius 1 is 0.658 bits per heavy atom. The van der Waals surface area contributed by atoms with Crippen LogP contribution in [0.25, 0.3) is 44.6 Å². The van der Waals surface area contributed by atoms with E-state index in [1.54, 1.807) is 0 Å². The SMILES string of the molecule is CC1(C)c2ccccc2N(c2ccnc(-c3nc4cc5oc6ccccc6c5cc4o3)c2)c2ccccc21. The van der Waals surface area contributed by atoms with Gasteiger partial charge in [0.05, 0.1) is 17.1 Å². The predicted molar refractivity (Wildman–Crippen MR) is 151 cm³/mol. The minimum absolute atomic E-state index is 0.110. The molecule has 8 rings (SSSR count). The zero-order valence-corrected chi connectivity index (χ0v) is 21.0. The van der Waals surface area contributed by atoms with Crippen LogP contribution in [0.4, 0.5) is 17.1 Å². The Labute approximate surface area is 219 Å². The van der Waals surface area contributed by atoms with Gasteiger partial charge in [-0.25, -0.2) is 4.98 Å². The zero-order chi connectivity index (χ0) is 25.4. The first-order valence-electron chi connectivity index (χ1n) is 12.8. The molecule has 0 atom stereocenters. The summed E-state index contributed by atoms with van der Waals surface area (Å²) in [6.07, 6.45) is 1.82. The number of hydrogen-bond donors (Lipinski definition) is 0. The van der Waals surface area contributed by atoms with E-state index in [1.807, 2.05) is 42.6 Å². The molecule has 1 aliphatic rings. The van der Waals surface area contributed by atoms with Crippen LogP contribution in [0.2, 0.25) is 0 Å². The van der Waals surface area contributed by atoms with Gasteiger partial charge in [-0.3, -0.25) is 4.98 Å². The highest BCUT2D eigenvalue weighted by Crippen LogP contribution is 2.51. The lowest BCUT2D eigenvalue weighted by atomic mass is 9.73. The van der Waals surface area contributed by atoms with E-state index in [0.29, 0.717) is 17.2 Å². The van der Waals surface area contributed by atoms with Crippen molar-refractivity contribution in [3.63, 3.8) is 0 Å². The number of fused-ring (bicyclic) bond motifs is 6. The molecule has 0 unspecified atom stereocenters. The van der Waals surface area contributed by atoms with Gasteiger partial charge in [-0.2, -0.15) is 0 Å². The minimum Gasteiger partial charge on any atom is -0.456 e. The Morgan fingerprint density at radius 3 is 2.16 bits per heavy atom. The standard InChI is InChI=1S/C33H23N3O2/c1-33(2)23-10-4-6-12-27(23)36(28-13-7-5-11-24(28)33)20-15-16-34-26(17-20)32-35-25-19-30-22(18-31(25)38-32)21-9-3-8-14-29(21)37-30/h3-19H,1-2H3. The van der Waals surface area contributed by atoms with Gasteiger partial charge in [0.1, 0.15) is 22.4 Å². The molecule has 5 nitrogen and oxygen atoms in total. The number of furan rings is 1. The summed E-state index contributed by atoms with van der Waals surface area (Å²) in [6.45, 7) is 4.58. The number of hydrogen-bond acceptors (Lipinski definition) is 5. The molecule has 7 aromatic rings. The monoisotopic (exact) mass is 493 g/mol. The summed E-state index contributed by atoms with van der Waals surface area (Å²) in [5, 5.41) is 2.08. The van der Waals surface area contributed by atoms with Crippen molar-refractivity contribution in [1.82, 2.24) is 9.97 Å². The van der Waals surface area contributed by atoms with E-state index >= 15 is 0 Å². The van der Waals surface area contributed by atoms with Crippen molar-refractivity contribution in [3.8, 4) is 11.6 Å². The molecule has 1 aliphatic heterocycles. The van der Waals surface area contributed by atoms with Crippen molar-refractivity contribution in [2.45, 2.75) is 19.3 Å². The third-order valence-electron chi connectivity index (χ3n) is 7.74. The summed E-state index contributed by atoms with van der Waals surface area (Å²) < 4.78 is 12.3. The molecule has 0 amide bonds. The number of nitrogens with zero attached hydrogens (tertiary/aromatic N) is 3. The molecule has 0 fully saturated rings. The van der Waals surface area contributed by atoms with Crippen LogP contribution in [0.1, 0.15) is 25.0 Å². The van der Waals surface area contributed by atoms with Gasteiger partial charge in [-0.1, -0.05) is 68.4 Å². The number of oxazole rings is 1. The normalized spacial score (nSPS) is 14.2. The van der Waals surface area contributed by atoms with Gasteiger partial charge in [0.25, 0.3) is 0 Å². The van der Waals surface area contributed by atoms with Crippen LogP contribution >= 0.6 is 0 Å². The van der Waals surface area contributed by atoms with Gasteiger partial charge in [-0.05, 0) is 47.5 Å². The summed E-state index contributed by atoms with van der Waals surface area (Å²) in [5.74, 6) is 0.484. The van der Waals surface area contributed by atoms with E-state index in [4.69, 9.17) is 13.8 Å². The Balaban J connectivity index is 1.28. The van der Waals surface area contributed by atoms with Gasteiger partial charge < -0.3 is 13.7 Å². The number of pyridine rings is 1. The second-order valence-electron chi connectivity index (χ2n) is 10.3. The second-order valence-corrected chi connectivity index (χ2v) is 10.3. The third kappa shape index (κ3) is 2.93. The summed E-state index contributed by atoms with van der Waals surface area (Å²) in [5.41, 5.74) is 9.59. The van der Waals surface area contributed by atoms with Crippen molar-refractivity contribution < 1.29 is 8.83 Å². The smallest absolute Gasteiger partial charge is 0.246 e. The lowest BCUT2D eigenvalue weighted by Crippen LogP contribution is -2.30. The molecule has 0 saturated carbocycles. The van der Waals surface area contributed by atoms with Crippen molar-refractivity contribution >= 4 is 50.1 Å². The maximum atomic E-state index is 6.26. The van der Waals surface area contributed by atoms with Crippen LogP contribution < -0.4 is 4.90 Å². The molecule has 4 heterocycles. The quantitative estimate of drug-likeness (QED) is 0.241. The minimum atomic E-state index is -0.110. The lowest BCUT2D eigenvalue weighted by Gasteiger charge is -2.42. The predicted octanol–water partition coefficient (Wildman–Crippen LogP) is 8.90. The van der Waals surface area contributed by atoms with E-state index in [2.05, 4.69) is 84.4 Å². The molecule has 3 aromatic heterocycles. The highest BCUT2D eigenvalue weighted by atomic mass is 16.4. The van der Waals surface area contributed by atoms with Gasteiger partial charge in [0, 0.05) is 28.5 Å². The van der Waals surface area contributed by atoms with Crippen molar-refractivity contribution in [1.29, 1.82) is 0 Å². The molecule has 0 radical (unpaired) electrons. The molecule has 5 heteroatoms. The Bertz CT molecular complexity index is 1980. The van der Waals surface area contributed by atoms with Crippen molar-refractivity contribution in [2.24, 2.45) is 0 Å². The fourth-order valence-electron chi connectivity index (χ4n) is 5.88. The van der Waals surface area contributed by atoms with Crippen LogP contribution in [0.15, 0.2) is 112 Å². The van der Waals surface area contributed by atoms with Gasteiger partial charge in [0.2, 0.25) is 5.89 Å². The first-order valence-corrected chi connectivity index (χ1v) is 12.8. The Hall–Kier alpha value is -4.90. The molecular weight excluding hydrogens is 470 g/mol. The van der Waals surface area contributed by atoms with Gasteiger partial charge >= 0.3 is 0 Å². The van der Waals surface area contributed by atoms with Crippen LogP contribution in [-0.4, -0.2) is 9.97 Å². The van der Waals surface area contributed by atoms with Gasteiger partial charge in [0.15, 0.2) is 5.58 Å². The largest absolute Gasteiger partial charge is 0.456 e. The molecule has 0 aliphatic carbocycles. The number of rotatable bonds is 2. The number of para-hydroxylation sites is 3. The summed E-state index contributed by atoms with van der Waals surface area (Å²) in [4.78, 5) is 11.7. The van der Waals surface area contributed by atoms with Crippen molar-refractivity contribution in [2.75, 3.05) is 4.90 Å². The molecule has 4 aromatic carbocycles. The van der Waals surface area contributed by atoms with E-state index in [1.165, 1.54) is 11.1 Å². The van der Waals surface area contributed by atoms with E-state index in [0.717, 1.165) is 44.5 Å². The van der Waals surface area contributed by atoms with E-state index in [9.17, 15) is 0 Å². The highest BCUT2D eigenvalue weighted by Gasteiger charge is 2.36. The average Bonchev–Trinajstić information content (AvgIpc) is 3.53. The number of aromatic nitrogens is 2. The topological polar surface area (TPSA) is 55.3 Å². The first kappa shape index (κ1) is 21.2. The van der Waals surface area contributed by atoms with E-state index in [-0.39, 0.29) is 5.41 Å². The van der Waals surface area contributed by atoms with E-state index < -0.39 is 0 Å². The summed E-state index contributed by atoms with van der Waals surface area (Å²) >= 11 is 0.